The van der Waals surface area contributed by atoms with E-state index in [0.717, 1.165) is 11.3 Å². The number of carbonyl (C=O) groups is 1. The molecule has 5 nitrogen and oxygen atoms in total. The number of oxime groups is 1. The first kappa shape index (κ1) is 13.3. The standard InChI is InChI=1S/C16H15N3O2/c20-16(18-11-13-8-4-5-9-17-13)14-10-15(21-19-14)12-6-2-1-3-7-12/h1-9,15H,10-11H2,(H,18,20). The summed E-state index contributed by atoms with van der Waals surface area (Å²) in [7, 11) is 0. The highest BCUT2D eigenvalue weighted by Crippen LogP contribution is 2.26. The van der Waals surface area contributed by atoms with Gasteiger partial charge in [0.05, 0.1) is 12.2 Å². The molecule has 1 aliphatic heterocycles. The SMILES string of the molecule is O=C(NCc1ccccn1)C1=NOC(c2ccccc2)C1. The lowest BCUT2D eigenvalue weighted by Gasteiger charge is -2.07. The predicted octanol–water partition coefficient (Wildman–Crippen LogP) is 2.22. The molecule has 21 heavy (non-hydrogen) atoms. The summed E-state index contributed by atoms with van der Waals surface area (Å²) in [5.41, 5.74) is 2.25. The zero-order chi connectivity index (χ0) is 14.5. The molecule has 1 atom stereocenters. The van der Waals surface area contributed by atoms with Crippen LogP contribution in [0.25, 0.3) is 0 Å². The Bertz CT molecular complexity index is 641. The van der Waals surface area contributed by atoms with Crippen LogP contribution in [-0.2, 0) is 16.2 Å². The number of nitrogens with one attached hydrogen (secondary N) is 1. The quantitative estimate of drug-likeness (QED) is 0.934. The maximum atomic E-state index is 12.0. The predicted molar refractivity (Wildman–Crippen MR) is 78.4 cm³/mol. The molecule has 2 aromatic rings. The van der Waals surface area contributed by atoms with E-state index < -0.39 is 0 Å². The van der Waals surface area contributed by atoms with E-state index in [1.807, 2.05) is 48.5 Å². The summed E-state index contributed by atoms with van der Waals surface area (Å²) in [5, 5.41) is 6.69. The van der Waals surface area contributed by atoms with Gasteiger partial charge in [0.1, 0.15) is 5.71 Å². The van der Waals surface area contributed by atoms with E-state index >= 15 is 0 Å². The minimum atomic E-state index is -0.209. The molecule has 1 N–H and O–H groups in total. The van der Waals surface area contributed by atoms with Crippen LogP contribution in [0.3, 0.4) is 0 Å². The van der Waals surface area contributed by atoms with Crippen molar-refractivity contribution in [2.45, 2.75) is 19.1 Å². The first-order valence-corrected chi connectivity index (χ1v) is 6.78. The van der Waals surface area contributed by atoms with Gasteiger partial charge in [-0.05, 0) is 17.7 Å². The zero-order valence-corrected chi connectivity index (χ0v) is 11.4. The fraction of sp³-hybridized carbons (Fsp3) is 0.188. The van der Waals surface area contributed by atoms with E-state index in [-0.39, 0.29) is 12.0 Å². The van der Waals surface area contributed by atoms with Crippen molar-refractivity contribution in [1.29, 1.82) is 0 Å². The third kappa shape index (κ3) is 3.25. The lowest BCUT2D eigenvalue weighted by molar-refractivity contribution is -0.115. The van der Waals surface area contributed by atoms with E-state index in [1.165, 1.54) is 0 Å². The van der Waals surface area contributed by atoms with Crippen LogP contribution < -0.4 is 5.32 Å². The van der Waals surface area contributed by atoms with Gasteiger partial charge < -0.3 is 10.2 Å². The molecule has 106 valence electrons. The first-order valence-electron chi connectivity index (χ1n) is 6.78. The average molecular weight is 281 g/mol. The van der Waals surface area contributed by atoms with Crippen LogP contribution >= 0.6 is 0 Å². The fourth-order valence-corrected chi connectivity index (χ4v) is 2.13. The van der Waals surface area contributed by atoms with Crippen LogP contribution in [0.5, 0.6) is 0 Å². The molecule has 1 aromatic carbocycles. The molecule has 0 radical (unpaired) electrons. The van der Waals surface area contributed by atoms with E-state index in [0.29, 0.717) is 18.7 Å². The van der Waals surface area contributed by atoms with Crippen LogP contribution in [-0.4, -0.2) is 16.6 Å². The van der Waals surface area contributed by atoms with Crippen LogP contribution in [0, 0.1) is 0 Å². The molecule has 0 fully saturated rings. The summed E-state index contributed by atoms with van der Waals surface area (Å²) in [6.45, 7) is 0.384. The van der Waals surface area contributed by atoms with Crippen LogP contribution in [0.15, 0.2) is 59.9 Å². The average Bonchev–Trinajstić information content (AvgIpc) is 3.04. The summed E-state index contributed by atoms with van der Waals surface area (Å²) in [6, 6.07) is 15.3. The molecule has 1 unspecified atom stereocenters. The summed E-state index contributed by atoms with van der Waals surface area (Å²) >= 11 is 0. The maximum absolute atomic E-state index is 12.0. The Morgan fingerprint density at radius 2 is 2.00 bits per heavy atom. The Balaban J connectivity index is 1.55. The third-order valence-electron chi connectivity index (χ3n) is 3.26. The largest absolute Gasteiger partial charge is 0.387 e. The van der Waals surface area contributed by atoms with Gasteiger partial charge in [-0.25, -0.2) is 0 Å². The number of nitrogens with zero attached hydrogens (tertiary/aromatic N) is 2. The molecular weight excluding hydrogens is 266 g/mol. The van der Waals surface area contributed by atoms with Crippen molar-refractivity contribution in [2.75, 3.05) is 0 Å². The van der Waals surface area contributed by atoms with E-state index in [1.54, 1.807) is 6.20 Å². The number of benzene rings is 1. The molecule has 1 aromatic heterocycles. The second-order valence-corrected chi connectivity index (χ2v) is 4.75. The van der Waals surface area contributed by atoms with Crippen LogP contribution in [0.2, 0.25) is 0 Å². The minimum absolute atomic E-state index is 0.179. The normalized spacial score (nSPS) is 17.0. The number of amides is 1. The Kier molecular flexibility index (Phi) is 3.91. The maximum Gasteiger partial charge on any atom is 0.269 e. The second-order valence-electron chi connectivity index (χ2n) is 4.75. The summed E-state index contributed by atoms with van der Waals surface area (Å²) in [6.07, 6.45) is 2.00. The van der Waals surface area contributed by atoms with Gasteiger partial charge in [0, 0.05) is 12.6 Å². The van der Waals surface area contributed by atoms with Gasteiger partial charge in [0.2, 0.25) is 0 Å². The lowest BCUT2D eigenvalue weighted by Crippen LogP contribution is -2.30. The van der Waals surface area contributed by atoms with Gasteiger partial charge in [0.25, 0.3) is 5.91 Å². The molecule has 0 saturated carbocycles. The van der Waals surface area contributed by atoms with Crippen molar-refractivity contribution in [3.8, 4) is 0 Å². The van der Waals surface area contributed by atoms with Gasteiger partial charge >= 0.3 is 0 Å². The van der Waals surface area contributed by atoms with Gasteiger partial charge in [-0.3, -0.25) is 9.78 Å². The molecule has 0 bridgehead atoms. The highest BCUT2D eigenvalue weighted by Gasteiger charge is 2.26. The number of hydrogen-bond acceptors (Lipinski definition) is 4. The number of aromatic nitrogens is 1. The minimum Gasteiger partial charge on any atom is -0.387 e. The zero-order valence-electron chi connectivity index (χ0n) is 11.4. The molecule has 0 saturated heterocycles. The summed E-state index contributed by atoms with van der Waals surface area (Å²) in [5.74, 6) is -0.209. The van der Waals surface area contributed by atoms with Crippen LogP contribution in [0.1, 0.15) is 23.8 Å². The molecule has 1 amide bonds. The smallest absolute Gasteiger partial charge is 0.269 e. The van der Waals surface area contributed by atoms with Crippen molar-refractivity contribution in [1.82, 2.24) is 10.3 Å². The molecule has 1 aliphatic rings. The molecular formula is C16H15N3O2. The van der Waals surface area contributed by atoms with E-state index in [4.69, 9.17) is 4.84 Å². The Hall–Kier alpha value is -2.69. The van der Waals surface area contributed by atoms with Gasteiger partial charge in [-0.2, -0.15) is 0 Å². The molecule has 0 spiro atoms. The van der Waals surface area contributed by atoms with Gasteiger partial charge in [-0.15, -0.1) is 0 Å². The van der Waals surface area contributed by atoms with Crippen molar-refractivity contribution >= 4 is 11.6 Å². The van der Waals surface area contributed by atoms with E-state index in [2.05, 4.69) is 15.5 Å². The van der Waals surface area contributed by atoms with Crippen LogP contribution in [0.4, 0.5) is 0 Å². The van der Waals surface area contributed by atoms with Crippen molar-refractivity contribution in [3.05, 3.63) is 66.0 Å². The Labute approximate surface area is 122 Å². The number of rotatable bonds is 4. The molecule has 3 rings (SSSR count). The highest BCUT2D eigenvalue weighted by molar-refractivity contribution is 6.39. The van der Waals surface area contributed by atoms with E-state index in [9.17, 15) is 4.79 Å². The van der Waals surface area contributed by atoms with Crippen molar-refractivity contribution < 1.29 is 9.63 Å². The van der Waals surface area contributed by atoms with Gasteiger partial charge in [0.15, 0.2) is 6.10 Å². The monoisotopic (exact) mass is 281 g/mol. The first-order chi connectivity index (χ1) is 10.3. The Morgan fingerprint density at radius 3 is 2.76 bits per heavy atom. The highest BCUT2D eigenvalue weighted by atomic mass is 16.6. The number of carbonyl (C=O) groups excluding carboxylic acids is 1. The molecule has 2 heterocycles. The van der Waals surface area contributed by atoms with Gasteiger partial charge in [-0.1, -0.05) is 41.6 Å². The fourth-order valence-electron chi connectivity index (χ4n) is 2.13. The second kappa shape index (κ2) is 6.17. The van der Waals surface area contributed by atoms with Crippen molar-refractivity contribution in [2.24, 2.45) is 5.16 Å². The molecule has 0 aliphatic carbocycles. The molecule has 5 heteroatoms. The Morgan fingerprint density at radius 1 is 1.19 bits per heavy atom. The third-order valence-corrected chi connectivity index (χ3v) is 3.26. The summed E-state index contributed by atoms with van der Waals surface area (Å²) in [4.78, 5) is 21.5. The summed E-state index contributed by atoms with van der Waals surface area (Å²) < 4.78 is 0. The van der Waals surface area contributed by atoms with Crippen molar-refractivity contribution in [3.63, 3.8) is 0 Å². The lowest BCUT2D eigenvalue weighted by atomic mass is 10.0. The topological polar surface area (TPSA) is 63.6 Å². The number of hydrogen-bond donors (Lipinski definition) is 1. The number of pyridine rings is 1.